The Morgan fingerprint density at radius 1 is 1.13 bits per heavy atom. The number of hydrogen-bond donors (Lipinski definition) is 0. The zero-order valence-electron chi connectivity index (χ0n) is 13.5. The van der Waals surface area contributed by atoms with E-state index in [0.29, 0.717) is 26.3 Å². The number of nitrogens with zero attached hydrogens (tertiary/aromatic N) is 2. The van der Waals surface area contributed by atoms with Gasteiger partial charge in [0.1, 0.15) is 13.3 Å². The van der Waals surface area contributed by atoms with Crippen molar-refractivity contribution in [3.8, 4) is 0 Å². The minimum absolute atomic E-state index is 0.184. The molecule has 1 heterocycles. The predicted octanol–water partition coefficient (Wildman–Crippen LogP) is 2.32. The Balaban J connectivity index is 1.84. The number of rotatable bonds is 4. The molecule has 1 aromatic carbocycles. The van der Waals surface area contributed by atoms with Crippen LogP contribution in [0.4, 0.5) is 9.18 Å². The van der Waals surface area contributed by atoms with Gasteiger partial charge in [0.15, 0.2) is 0 Å². The largest absolute Gasteiger partial charge is 0.447 e. The smallest absolute Gasteiger partial charge is 0.409 e. The number of alkyl halides is 1. The van der Waals surface area contributed by atoms with Gasteiger partial charge in [0.2, 0.25) is 0 Å². The normalized spacial score (nSPS) is 17.7. The highest BCUT2D eigenvalue weighted by Crippen LogP contribution is 2.07. The molecule has 128 valence electrons. The Hall–Kier alpha value is -1.66. The minimum atomic E-state index is -0.652. The molecular formula is C17H25FN2O3. The van der Waals surface area contributed by atoms with E-state index in [4.69, 9.17) is 9.47 Å². The molecule has 0 saturated carbocycles. The summed E-state index contributed by atoms with van der Waals surface area (Å²) in [6, 6.07) is 10.3. The number of amides is 1. The first-order valence-corrected chi connectivity index (χ1v) is 8.11. The predicted molar refractivity (Wildman–Crippen MR) is 86.1 cm³/mol. The molecule has 1 fully saturated rings. The molecule has 23 heavy (non-hydrogen) atoms. The van der Waals surface area contributed by atoms with Crippen molar-refractivity contribution in [2.45, 2.75) is 13.0 Å². The molecule has 0 spiro atoms. The van der Waals surface area contributed by atoms with Crippen molar-refractivity contribution in [3.05, 3.63) is 35.9 Å². The summed E-state index contributed by atoms with van der Waals surface area (Å²) in [6.07, 6.45) is 0.402. The van der Waals surface area contributed by atoms with Crippen LogP contribution in [0, 0.1) is 0 Å². The molecule has 0 atom stereocenters. The van der Waals surface area contributed by atoms with E-state index in [0.717, 1.165) is 26.1 Å². The maximum atomic E-state index is 12.1. The van der Waals surface area contributed by atoms with Crippen LogP contribution in [0.2, 0.25) is 0 Å². The maximum Gasteiger partial charge on any atom is 0.409 e. The number of halogens is 1. The average Bonchev–Trinajstić information content (AvgIpc) is 2.59. The van der Waals surface area contributed by atoms with Crippen LogP contribution in [0.5, 0.6) is 0 Å². The van der Waals surface area contributed by atoms with Crippen LogP contribution in [0.3, 0.4) is 0 Å². The Morgan fingerprint density at radius 3 is 2.70 bits per heavy atom. The molecule has 1 aliphatic heterocycles. The zero-order valence-corrected chi connectivity index (χ0v) is 13.5. The molecule has 5 nitrogen and oxygen atoms in total. The lowest BCUT2D eigenvalue weighted by atomic mass is 10.2. The van der Waals surface area contributed by atoms with E-state index in [2.05, 4.69) is 17.0 Å². The fourth-order valence-electron chi connectivity index (χ4n) is 2.58. The molecule has 1 aromatic rings. The topological polar surface area (TPSA) is 42.0 Å². The van der Waals surface area contributed by atoms with E-state index in [1.54, 1.807) is 4.90 Å². The number of hydrogen-bond acceptors (Lipinski definition) is 4. The lowest BCUT2D eigenvalue weighted by Crippen LogP contribution is -2.39. The van der Waals surface area contributed by atoms with Crippen molar-refractivity contribution in [3.63, 3.8) is 0 Å². The number of carbonyl (C=O) groups excluding carboxylic acids is 1. The summed E-state index contributed by atoms with van der Waals surface area (Å²) in [5.41, 5.74) is 1.27. The maximum absolute atomic E-state index is 12.1. The van der Waals surface area contributed by atoms with Crippen molar-refractivity contribution in [2.75, 3.05) is 52.7 Å². The van der Waals surface area contributed by atoms with Crippen molar-refractivity contribution < 1.29 is 18.7 Å². The molecule has 0 N–H and O–H groups in total. The van der Waals surface area contributed by atoms with Gasteiger partial charge in [-0.3, -0.25) is 4.90 Å². The van der Waals surface area contributed by atoms with Gasteiger partial charge >= 0.3 is 6.09 Å². The van der Waals surface area contributed by atoms with Gasteiger partial charge in [-0.2, -0.15) is 0 Å². The molecule has 1 saturated heterocycles. The van der Waals surface area contributed by atoms with Gasteiger partial charge in [-0.15, -0.1) is 0 Å². The van der Waals surface area contributed by atoms with Crippen molar-refractivity contribution in [2.24, 2.45) is 0 Å². The third kappa shape index (κ3) is 6.54. The summed E-state index contributed by atoms with van der Waals surface area (Å²) in [6.45, 7) is 3.99. The summed E-state index contributed by atoms with van der Waals surface area (Å²) in [7, 11) is 0. The van der Waals surface area contributed by atoms with Crippen molar-refractivity contribution in [1.29, 1.82) is 0 Å². The molecule has 6 heteroatoms. The van der Waals surface area contributed by atoms with Crippen molar-refractivity contribution in [1.82, 2.24) is 9.80 Å². The van der Waals surface area contributed by atoms with Gasteiger partial charge in [-0.1, -0.05) is 30.3 Å². The van der Waals surface area contributed by atoms with Crippen LogP contribution in [0.25, 0.3) is 0 Å². The molecule has 0 radical (unpaired) electrons. The standard InChI is InChI=1S/C17H25FN2O3/c18-7-12-23-17(21)20-9-4-8-19(10-13-22-14-11-20)15-16-5-2-1-3-6-16/h1-3,5-6H,4,7-15H2. The van der Waals surface area contributed by atoms with Crippen LogP contribution >= 0.6 is 0 Å². The van der Waals surface area contributed by atoms with E-state index in [-0.39, 0.29) is 6.61 Å². The van der Waals surface area contributed by atoms with E-state index in [1.807, 2.05) is 18.2 Å². The summed E-state index contributed by atoms with van der Waals surface area (Å²) in [5, 5.41) is 0. The third-order valence-corrected chi connectivity index (χ3v) is 3.77. The number of carbonyl (C=O) groups is 1. The van der Waals surface area contributed by atoms with E-state index >= 15 is 0 Å². The summed E-state index contributed by atoms with van der Waals surface area (Å²) in [5.74, 6) is 0. The monoisotopic (exact) mass is 324 g/mol. The first-order valence-electron chi connectivity index (χ1n) is 8.11. The molecule has 0 aromatic heterocycles. The van der Waals surface area contributed by atoms with Gasteiger partial charge in [-0.05, 0) is 12.0 Å². The van der Waals surface area contributed by atoms with Gasteiger partial charge in [0.25, 0.3) is 0 Å². The summed E-state index contributed by atoms with van der Waals surface area (Å²) < 4.78 is 22.6. The first kappa shape index (κ1) is 17.7. The molecule has 0 unspecified atom stereocenters. The molecule has 0 bridgehead atoms. The molecule has 1 amide bonds. The van der Waals surface area contributed by atoms with Gasteiger partial charge < -0.3 is 14.4 Å². The van der Waals surface area contributed by atoms with Crippen molar-refractivity contribution >= 4 is 6.09 Å². The number of ether oxygens (including phenoxy) is 2. The Morgan fingerprint density at radius 2 is 1.91 bits per heavy atom. The van der Waals surface area contributed by atoms with E-state index in [1.165, 1.54) is 5.56 Å². The lowest BCUT2D eigenvalue weighted by molar-refractivity contribution is 0.0528. The molecule has 0 aliphatic carbocycles. The Labute approximate surface area is 137 Å². The quantitative estimate of drug-likeness (QED) is 0.852. The zero-order chi connectivity index (χ0) is 16.3. The minimum Gasteiger partial charge on any atom is -0.447 e. The summed E-state index contributed by atoms with van der Waals surface area (Å²) in [4.78, 5) is 15.8. The Kier molecular flexibility index (Phi) is 7.83. The fourth-order valence-corrected chi connectivity index (χ4v) is 2.58. The molecule has 1 aliphatic rings. The second-order valence-corrected chi connectivity index (χ2v) is 5.52. The SMILES string of the molecule is O=C(OCCF)N1CCCN(Cc2ccccc2)CCOCC1. The van der Waals surface area contributed by atoms with E-state index in [9.17, 15) is 9.18 Å². The number of benzene rings is 1. The first-order chi connectivity index (χ1) is 11.3. The van der Waals surface area contributed by atoms with Crippen LogP contribution in [0.1, 0.15) is 12.0 Å². The average molecular weight is 324 g/mol. The van der Waals surface area contributed by atoms with E-state index < -0.39 is 12.8 Å². The van der Waals surface area contributed by atoms with Crippen LogP contribution in [0.15, 0.2) is 30.3 Å². The highest BCUT2D eigenvalue weighted by molar-refractivity contribution is 5.67. The lowest BCUT2D eigenvalue weighted by Gasteiger charge is -2.27. The molecule has 2 rings (SSSR count). The van der Waals surface area contributed by atoms with Gasteiger partial charge in [-0.25, -0.2) is 9.18 Å². The highest BCUT2D eigenvalue weighted by atomic mass is 19.1. The summed E-state index contributed by atoms with van der Waals surface area (Å²) >= 11 is 0. The molecular weight excluding hydrogens is 299 g/mol. The van der Waals surface area contributed by atoms with Crippen LogP contribution in [-0.2, 0) is 16.0 Å². The highest BCUT2D eigenvalue weighted by Gasteiger charge is 2.17. The van der Waals surface area contributed by atoms with Gasteiger partial charge in [0.05, 0.1) is 13.2 Å². The fraction of sp³-hybridized carbons (Fsp3) is 0.588. The second kappa shape index (κ2) is 10.2. The van der Waals surface area contributed by atoms with Crippen LogP contribution < -0.4 is 0 Å². The van der Waals surface area contributed by atoms with Crippen LogP contribution in [-0.4, -0.2) is 68.6 Å². The second-order valence-electron chi connectivity index (χ2n) is 5.52. The van der Waals surface area contributed by atoms with Gasteiger partial charge in [0, 0.05) is 32.7 Å². The third-order valence-electron chi connectivity index (χ3n) is 3.77. The Bertz CT molecular complexity index is 458.